The summed E-state index contributed by atoms with van der Waals surface area (Å²) in [5.41, 5.74) is 8.19. The van der Waals surface area contributed by atoms with E-state index in [0.29, 0.717) is 38.5 Å². The molecule has 0 saturated heterocycles. The van der Waals surface area contributed by atoms with Crippen molar-refractivity contribution in [2.45, 2.75) is 0 Å². The molecule has 3 aromatic rings. The van der Waals surface area contributed by atoms with Gasteiger partial charge in [-0.15, -0.1) is 0 Å². The number of fused-ring (bicyclic) bond motifs is 1. The Morgan fingerprint density at radius 1 is 1.11 bits per heavy atom. The molecule has 0 spiro atoms. The molecule has 19 heavy (non-hydrogen) atoms. The van der Waals surface area contributed by atoms with Crippen LogP contribution in [0.5, 0.6) is 0 Å². The van der Waals surface area contributed by atoms with Gasteiger partial charge in [0, 0.05) is 5.69 Å². The monoisotopic (exact) mass is 293 g/mol. The number of hydrogen-bond donors (Lipinski definition) is 2. The van der Waals surface area contributed by atoms with E-state index in [9.17, 15) is 0 Å². The first-order chi connectivity index (χ1) is 9.13. The predicted molar refractivity (Wildman–Crippen MR) is 78.2 cm³/mol. The normalized spacial score (nSPS) is 10.8. The van der Waals surface area contributed by atoms with Gasteiger partial charge in [-0.3, -0.25) is 0 Å². The smallest absolute Gasteiger partial charge is 0.300 e. The zero-order valence-corrected chi connectivity index (χ0v) is 11.2. The molecule has 2 aromatic carbocycles. The molecular formula is C13H9Cl2N3O. The van der Waals surface area contributed by atoms with Gasteiger partial charge in [0.1, 0.15) is 5.52 Å². The largest absolute Gasteiger partial charge is 0.423 e. The zero-order valence-electron chi connectivity index (χ0n) is 9.65. The fourth-order valence-corrected chi connectivity index (χ4v) is 2.21. The maximum atomic E-state index is 6.07. The van der Waals surface area contributed by atoms with E-state index in [4.69, 9.17) is 33.4 Å². The molecule has 0 aliphatic rings. The van der Waals surface area contributed by atoms with Crippen LogP contribution in [0, 0.1) is 0 Å². The van der Waals surface area contributed by atoms with Gasteiger partial charge < -0.3 is 15.5 Å². The van der Waals surface area contributed by atoms with Crippen molar-refractivity contribution in [2.75, 3.05) is 11.1 Å². The Bertz CT molecular complexity index is 734. The fraction of sp³-hybridized carbons (Fsp3) is 0. The second-order valence-corrected chi connectivity index (χ2v) is 4.78. The van der Waals surface area contributed by atoms with Gasteiger partial charge in [-0.2, -0.15) is 4.98 Å². The highest BCUT2D eigenvalue weighted by atomic mass is 35.5. The van der Waals surface area contributed by atoms with E-state index in [0.717, 1.165) is 0 Å². The topological polar surface area (TPSA) is 64.1 Å². The molecule has 0 saturated carbocycles. The Morgan fingerprint density at radius 3 is 2.58 bits per heavy atom. The molecule has 0 unspecified atom stereocenters. The molecule has 0 bridgehead atoms. The van der Waals surface area contributed by atoms with Crippen LogP contribution in [0.1, 0.15) is 0 Å². The highest BCUT2D eigenvalue weighted by Crippen LogP contribution is 2.33. The summed E-state index contributed by atoms with van der Waals surface area (Å²) in [6, 6.07) is 10.8. The van der Waals surface area contributed by atoms with Crippen LogP contribution < -0.4 is 11.1 Å². The van der Waals surface area contributed by atoms with Crippen molar-refractivity contribution in [3.05, 3.63) is 46.4 Å². The number of nitrogens with one attached hydrogen (secondary N) is 1. The molecular weight excluding hydrogens is 285 g/mol. The van der Waals surface area contributed by atoms with Crippen LogP contribution in [0.15, 0.2) is 40.8 Å². The summed E-state index contributed by atoms with van der Waals surface area (Å²) >= 11 is 12.1. The highest BCUT2D eigenvalue weighted by molar-refractivity contribution is 6.39. The summed E-state index contributed by atoms with van der Waals surface area (Å²) in [7, 11) is 0. The lowest BCUT2D eigenvalue weighted by molar-refractivity contribution is 0.623. The van der Waals surface area contributed by atoms with E-state index in [1.165, 1.54) is 0 Å². The Hall–Kier alpha value is -1.91. The molecule has 3 rings (SSSR count). The lowest BCUT2D eigenvalue weighted by Gasteiger charge is -2.05. The van der Waals surface area contributed by atoms with Crippen molar-refractivity contribution in [2.24, 2.45) is 0 Å². The quantitative estimate of drug-likeness (QED) is 0.685. The van der Waals surface area contributed by atoms with Crippen LogP contribution in [0.4, 0.5) is 17.4 Å². The molecule has 0 atom stereocenters. The van der Waals surface area contributed by atoms with Crippen LogP contribution >= 0.6 is 23.2 Å². The third-order valence-corrected chi connectivity index (χ3v) is 3.24. The van der Waals surface area contributed by atoms with Crippen molar-refractivity contribution in [3.8, 4) is 0 Å². The Balaban J connectivity index is 2.01. The lowest BCUT2D eigenvalue weighted by atomic mass is 10.3. The lowest BCUT2D eigenvalue weighted by Crippen LogP contribution is -1.92. The number of rotatable bonds is 2. The van der Waals surface area contributed by atoms with Gasteiger partial charge in [-0.25, -0.2) is 0 Å². The number of anilines is 3. The van der Waals surface area contributed by atoms with Gasteiger partial charge in [0.25, 0.3) is 6.01 Å². The van der Waals surface area contributed by atoms with E-state index in [1.54, 1.807) is 36.4 Å². The third kappa shape index (κ3) is 2.32. The van der Waals surface area contributed by atoms with Crippen molar-refractivity contribution in [1.82, 2.24) is 4.98 Å². The first-order valence-corrected chi connectivity index (χ1v) is 6.26. The summed E-state index contributed by atoms with van der Waals surface area (Å²) in [5, 5.41) is 3.96. The van der Waals surface area contributed by atoms with Gasteiger partial charge in [-0.05, 0) is 30.3 Å². The Kier molecular flexibility index (Phi) is 2.97. The molecule has 0 fully saturated rings. The van der Waals surface area contributed by atoms with Gasteiger partial charge in [0.15, 0.2) is 5.58 Å². The van der Waals surface area contributed by atoms with Crippen LogP contribution in [0.3, 0.4) is 0 Å². The van der Waals surface area contributed by atoms with Crippen LogP contribution in [-0.4, -0.2) is 4.98 Å². The molecule has 0 radical (unpaired) electrons. The second-order valence-electron chi connectivity index (χ2n) is 3.97. The summed E-state index contributed by atoms with van der Waals surface area (Å²) in [6.07, 6.45) is 0. The Morgan fingerprint density at radius 2 is 1.84 bits per heavy atom. The SMILES string of the molecule is Nc1ccc2oc(Nc3c(Cl)cccc3Cl)nc2c1. The minimum absolute atomic E-state index is 0.315. The van der Waals surface area contributed by atoms with Crippen LogP contribution in [-0.2, 0) is 0 Å². The summed E-state index contributed by atoms with van der Waals surface area (Å²) < 4.78 is 5.54. The van der Waals surface area contributed by atoms with E-state index in [-0.39, 0.29) is 0 Å². The van der Waals surface area contributed by atoms with Gasteiger partial charge in [0.05, 0.1) is 15.7 Å². The number of oxazole rings is 1. The number of hydrogen-bond acceptors (Lipinski definition) is 4. The number of para-hydroxylation sites is 1. The van der Waals surface area contributed by atoms with E-state index in [1.807, 2.05) is 0 Å². The average molecular weight is 294 g/mol. The van der Waals surface area contributed by atoms with Crippen LogP contribution in [0.2, 0.25) is 10.0 Å². The standard InChI is InChI=1S/C13H9Cl2N3O/c14-8-2-1-3-9(15)12(8)18-13-17-10-6-7(16)4-5-11(10)19-13/h1-6H,16H2,(H,17,18). The average Bonchev–Trinajstić information content (AvgIpc) is 2.75. The first kappa shape index (κ1) is 12.1. The second kappa shape index (κ2) is 4.64. The van der Waals surface area contributed by atoms with E-state index < -0.39 is 0 Å². The van der Waals surface area contributed by atoms with E-state index >= 15 is 0 Å². The zero-order chi connectivity index (χ0) is 13.4. The fourth-order valence-electron chi connectivity index (χ4n) is 1.72. The Labute approximate surface area is 119 Å². The van der Waals surface area contributed by atoms with Gasteiger partial charge in [-0.1, -0.05) is 29.3 Å². The molecule has 1 aromatic heterocycles. The molecule has 0 aliphatic heterocycles. The van der Waals surface area contributed by atoms with Gasteiger partial charge in [0.2, 0.25) is 0 Å². The molecule has 1 heterocycles. The summed E-state index contributed by atoms with van der Waals surface area (Å²) in [4.78, 5) is 4.28. The summed E-state index contributed by atoms with van der Waals surface area (Å²) in [6.45, 7) is 0. The molecule has 0 amide bonds. The molecule has 3 N–H and O–H groups in total. The number of aromatic nitrogens is 1. The van der Waals surface area contributed by atoms with Crippen molar-refractivity contribution in [3.63, 3.8) is 0 Å². The highest BCUT2D eigenvalue weighted by Gasteiger charge is 2.10. The minimum atomic E-state index is 0.315. The predicted octanol–water partition coefficient (Wildman–Crippen LogP) is 4.46. The molecule has 6 heteroatoms. The van der Waals surface area contributed by atoms with Crippen molar-refractivity contribution in [1.29, 1.82) is 0 Å². The minimum Gasteiger partial charge on any atom is -0.423 e. The first-order valence-electron chi connectivity index (χ1n) is 5.50. The number of halogens is 2. The number of nitrogens with two attached hydrogens (primary N) is 1. The number of nitrogen functional groups attached to an aromatic ring is 1. The number of benzene rings is 2. The summed E-state index contributed by atoms with van der Waals surface area (Å²) in [5.74, 6) is 0. The maximum Gasteiger partial charge on any atom is 0.300 e. The molecule has 4 nitrogen and oxygen atoms in total. The maximum absolute atomic E-state index is 6.07. The van der Waals surface area contributed by atoms with Crippen LogP contribution in [0.25, 0.3) is 11.1 Å². The van der Waals surface area contributed by atoms with E-state index in [2.05, 4.69) is 10.3 Å². The van der Waals surface area contributed by atoms with Crippen molar-refractivity contribution >= 4 is 51.7 Å². The third-order valence-electron chi connectivity index (χ3n) is 2.61. The molecule has 96 valence electrons. The van der Waals surface area contributed by atoms with Gasteiger partial charge >= 0.3 is 0 Å². The van der Waals surface area contributed by atoms with Crippen molar-refractivity contribution < 1.29 is 4.42 Å². The molecule has 0 aliphatic carbocycles. The number of nitrogens with zero attached hydrogens (tertiary/aromatic N) is 1.